The molecule has 0 bridgehead atoms. The van der Waals surface area contributed by atoms with Gasteiger partial charge in [0.2, 0.25) is 5.88 Å². The Hall–Kier alpha value is -4.68. The molecule has 3 aromatic heterocycles. The lowest BCUT2D eigenvalue weighted by Crippen LogP contribution is -2.27. The molecule has 0 fully saturated rings. The molecule has 13 heteroatoms. The number of aromatic nitrogens is 5. The van der Waals surface area contributed by atoms with Gasteiger partial charge in [0.05, 0.1) is 12.2 Å². The third kappa shape index (κ3) is 7.53. The van der Waals surface area contributed by atoms with Crippen LogP contribution in [-0.2, 0) is 17.5 Å². The molecule has 0 saturated carbocycles. The minimum atomic E-state index is -4.86. The van der Waals surface area contributed by atoms with Crippen LogP contribution in [0.15, 0.2) is 59.7 Å². The van der Waals surface area contributed by atoms with Crippen LogP contribution in [-0.4, -0.2) is 42.8 Å². The second kappa shape index (κ2) is 12.0. The fourth-order valence-electron chi connectivity index (χ4n) is 3.93. The van der Waals surface area contributed by atoms with E-state index in [0.717, 1.165) is 11.1 Å². The van der Waals surface area contributed by atoms with E-state index < -0.39 is 35.4 Å². The smallest absolute Gasteiger partial charge is 0.421 e. The molecule has 4 rings (SSSR count). The first-order valence-electron chi connectivity index (χ1n) is 13.1. The van der Waals surface area contributed by atoms with E-state index in [2.05, 4.69) is 32.2 Å². The maximum absolute atomic E-state index is 14.1. The number of aryl methyl sites for hydroxylation is 1. The number of hydrogen-bond donors (Lipinski definition) is 1. The first kappa shape index (κ1) is 30.3. The number of carbonyl (C=O) groups is 1. The monoisotopic (exact) mass is 584 g/mol. The Morgan fingerprint density at radius 1 is 1.14 bits per heavy atom. The molecule has 0 aliphatic heterocycles. The lowest BCUT2D eigenvalue weighted by atomic mass is 10.2. The molecule has 1 amide bonds. The molecule has 0 radical (unpaired) electrons. The topological polar surface area (TPSA) is 117 Å². The molecule has 0 unspecified atom stereocenters. The number of carbonyl (C=O) groups excluding carboxylic acids is 1. The van der Waals surface area contributed by atoms with E-state index in [4.69, 9.17) is 13.9 Å². The highest BCUT2D eigenvalue weighted by atomic mass is 19.4. The Labute approximate surface area is 240 Å². The van der Waals surface area contributed by atoms with E-state index in [1.807, 2.05) is 43.5 Å². The van der Waals surface area contributed by atoms with Crippen LogP contribution in [0.3, 0.4) is 0 Å². The molecule has 0 aliphatic rings. The summed E-state index contributed by atoms with van der Waals surface area (Å²) in [7, 11) is 0. The molecule has 0 saturated heterocycles. The number of benzene rings is 1. The highest BCUT2D eigenvalue weighted by molar-refractivity contribution is 5.89. The summed E-state index contributed by atoms with van der Waals surface area (Å²) in [5.74, 6) is -0.964. The second-order valence-electron chi connectivity index (χ2n) is 10.6. The maximum Gasteiger partial charge on any atom is 0.421 e. The van der Waals surface area contributed by atoms with E-state index in [-0.39, 0.29) is 29.6 Å². The van der Waals surface area contributed by atoms with Gasteiger partial charge in [0.15, 0.2) is 11.4 Å². The molecule has 1 aromatic carbocycles. The first-order valence-corrected chi connectivity index (χ1v) is 13.1. The zero-order valence-electron chi connectivity index (χ0n) is 23.8. The number of anilines is 1. The molecular formula is C29H31F3N6O4. The molecule has 42 heavy (non-hydrogen) atoms. The van der Waals surface area contributed by atoms with Crippen LogP contribution >= 0.6 is 0 Å². The predicted octanol–water partition coefficient (Wildman–Crippen LogP) is 7.06. The van der Waals surface area contributed by atoms with Gasteiger partial charge in [-0.15, -0.1) is 16.8 Å². The minimum absolute atomic E-state index is 0.0155. The van der Waals surface area contributed by atoms with Gasteiger partial charge in [-0.1, -0.05) is 36.4 Å². The molecule has 1 N–H and O–H groups in total. The Balaban J connectivity index is 1.76. The third-order valence-electron chi connectivity index (χ3n) is 5.70. The first-order chi connectivity index (χ1) is 19.7. The Kier molecular flexibility index (Phi) is 8.69. The summed E-state index contributed by atoms with van der Waals surface area (Å²) >= 11 is 0. The van der Waals surface area contributed by atoms with Crippen molar-refractivity contribution in [3.8, 4) is 29.0 Å². The van der Waals surface area contributed by atoms with Gasteiger partial charge in [0.25, 0.3) is 11.8 Å². The van der Waals surface area contributed by atoms with Crippen molar-refractivity contribution < 1.29 is 31.9 Å². The quantitative estimate of drug-likeness (QED) is 0.208. The van der Waals surface area contributed by atoms with Gasteiger partial charge < -0.3 is 13.9 Å². The maximum atomic E-state index is 14.1. The molecule has 3 heterocycles. The van der Waals surface area contributed by atoms with E-state index >= 15 is 0 Å². The summed E-state index contributed by atoms with van der Waals surface area (Å²) in [5, 5.41) is 15.0. The number of hydrogen-bond acceptors (Lipinski definition) is 8. The average molecular weight is 585 g/mol. The van der Waals surface area contributed by atoms with Gasteiger partial charge in [0, 0.05) is 18.2 Å². The number of pyridine rings is 1. The largest absolute Gasteiger partial charge is 0.474 e. The summed E-state index contributed by atoms with van der Waals surface area (Å²) in [6.07, 6.45) is -2.94. The van der Waals surface area contributed by atoms with Crippen LogP contribution in [0.1, 0.15) is 50.8 Å². The lowest BCUT2D eigenvalue weighted by Gasteiger charge is -2.22. The molecule has 1 atom stereocenters. The van der Waals surface area contributed by atoms with E-state index in [1.165, 1.54) is 6.08 Å². The number of amides is 1. The fraction of sp³-hybridized carbons (Fsp3) is 0.345. The van der Waals surface area contributed by atoms with Crippen LogP contribution in [0.25, 0.3) is 23.2 Å². The number of alkyl halides is 3. The number of rotatable bonds is 9. The Morgan fingerprint density at radius 3 is 2.43 bits per heavy atom. The summed E-state index contributed by atoms with van der Waals surface area (Å²) in [6.45, 7) is 12.3. The second-order valence-corrected chi connectivity index (χ2v) is 10.6. The van der Waals surface area contributed by atoms with Gasteiger partial charge in [-0.2, -0.15) is 18.3 Å². The Bertz CT molecular complexity index is 1560. The third-order valence-corrected chi connectivity index (χ3v) is 5.70. The number of nitrogens with zero attached hydrogens (tertiary/aromatic N) is 5. The van der Waals surface area contributed by atoms with Gasteiger partial charge in [0.1, 0.15) is 17.3 Å². The van der Waals surface area contributed by atoms with Gasteiger partial charge >= 0.3 is 12.3 Å². The molecule has 10 nitrogen and oxygen atoms in total. The summed E-state index contributed by atoms with van der Waals surface area (Å²) < 4.78 is 60.6. The van der Waals surface area contributed by atoms with Gasteiger partial charge in [-0.05, 0) is 46.2 Å². The lowest BCUT2D eigenvalue weighted by molar-refractivity contribution is -0.139. The number of ether oxygens (including phenoxy) is 2. The molecule has 222 valence electrons. The van der Waals surface area contributed by atoms with Crippen molar-refractivity contribution in [2.75, 3.05) is 5.32 Å². The molecular weight excluding hydrogens is 553 g/mol. The number of nitrogens with one attached hydrogen (secondary N) is 1. The standard InChI is InChI=1S/C29H31F3N6O4/c1-7-11-18(3)40-24-20(29(30,31)32)14-21(33-27(39)42-28(4,5)6)23(34-24)26-36-35-25(41-26)22-17(2)15-38(37-22)16-19-12-9-8-10-13-19/h7-10,12-15,18H,1,11,16H2,2-6H3,(H,33,39)/t18-/m1/s1. The summed E-state index contributed by atoms with van der Waals surface area (Å²) in [4.78, 5) is 16.7. The SMILES string of the molecule is C=CC[C@@H](C)Oc1nc(-c2nnc(-c3nn(Cc4ccccc4)cc3C)o2)c(NC(=O)OC(C)(C)C)cc1C(F)(F)F. The zero-order valence-corrected chi connectivity index (χ0v) is 23.8. The fourth-order valence-corrected chi connectivity index (χ4v) is 3.93. The van der Waals surface area contributed by atoms with Crippen LogP contribution < -0.4 is 10.1 Å². The van der Waals surface area contributed by atoms with Crippen LogP contribution in [0.5, 0.6) is 5.88 Å². The van der Waals surface area contributed by atoms with Crippen molar-refractivity contribution in [3.05, 3.63) is 71.9 Å². The van der Waals surface area contributed by atoms with Crippen LogP contribution in [0.4, 0.5) is 23.7 Å². The number of halogens is 3. The van der Waals surface area contributed by atoms with Crippen molar-refractivity contribution in [2.24, 2.45) is 0 Å². The van der Waals surface area contributed by atoms with E-state index in [0.29, 0.717) is 18.3 Å². The van der Waals surface area contributed by atoms with Gasteiger partial charge in [-0.25, -0.2) is 9.78 Å². The van der Waals surface area contributed by atoms with Crippen molar-refractivity contribution in [3.63, 3.8) is 0 Å². The molecule has 0 spiro atoms. The highest BCUT2D eigenvalue weighted by Crippen LogP contribution is 2.41. The minimum Gasteiger partial charge on any atom is -0.474 e. The Morgan fingerprint density at radius 2 is 1.81 bits per heavy atom. The van der Waals surface area contributed by atoms with Crippen LogP contribution in [0.2, 0.25) is 0 Å². The normalized spacial score (nSPS) is 12.6. The molecule has 0 aliphatic carbocycles. The van der Waals surface area contributed by atoms with Crippen molar-refractivity contribution >= 4 is 11.8 Å². The summed E-state index contributed by atoms with van der Waals surface area (Å²) in [5.41, 5.74) is -0.574. The van der Waals surface area contributed by atoms with Crippen molar-refractivity contribution in [2.45, 2.75) is 65.5 Å². The van der Waals surface area contributed by atoms with Crippen LogP contribution in [0, 0.1) is 6.92 Å². The highest BCUT2D eigenvalue weighted by Gasteiger charge is 2.38. The average Bonchev–Trinajstić information content (AvgIpc) is 3.50. The van der Waals surface area contributed by atoms with E-state index in [1.54, 1.807) is 32.4 Å². The van der Waals surface area contributed by atoms with Crippen molar-refractivity contribution in [1.29, 1.82) is 0 Å². The molecule has 4 aromatic rings. The predicted molar refractivity (Wildman–Crippen MR) is 149 cm³/mol. The van der Waals surface area contributed by atoms with E-state index in [9.17, 15) is 18.0 Å². The zero-order chi connectivity index (χ0) is 30.7. The summed E-state index contributed by atoms with van der Waals surface area (Å²) in [6, 6.07) is 10.4. The van der Waals surface area contributed by atoms with Crippen molar-refractivity contribution in [1.82, 2.24) is 25.0 Å². The van der Waals surface area contributed by atoms with Gasteiger partial charge in [-0.3, -0.25) is 10.00 Å².